The van der Waals surface area contributed by atoms with Gasteiger partial charge in [0.2, 0.25) is 0 Å². The van der Waals surface area contributed by atoms with Crippen LogP contribution >= 0.6 is 0 Å². The fourth-order valence-corrected chi connectivity index (χ4v) is 1.64. The summed E-state index contributed by atoms with van der Waals surface area (Å²) >= 11 is 0. The second-order valence-corrected chi connectivity index (χ2v) is 4.02. The number of aliphatic carboxylic acids is 2. The van der Waals surface area contributed by atoms with Gasteiger partial charge in [0, 0.05) is 7.11 Å². The molecule has 1 unspecified atom stereocenters. The van der Waals surface area contributed by atoms with Gasteiger partial charge < -0.3 is 20.3 Å². The summed E-state index contributed by atoms with van der Waals surface area (Å²) in [5.74, 6) is -3.43. The minimum absolute atomic E-state index is 0.548. The molecule has 1 aromatic carbocycles. The van der Waals surface area contributed by atoms with E-state index in [0.29, 0.717) is 5.56 Å². The van der Waals surface area contributed by atoms with E-state index in [4.69, 9.17) is 14.9 Å². The fraction of sp³-hybridized carbons (Fsp3) is 0.308. The number of methoxy groups -OCH3 is 1. The van der Waals surface area contributed by atoms with Gasteiger partial charge >= 0.3 is 11.9 Å². The van der Waals surface area contributed by atoms with Crippen LogP contribution in [0, 0.1) is 0 Å². The number of ether oxygens (including phenoxy) is 1. The molecule has 1 rings (SSSR count). The number of benzene rings is 1. The molecular formula is C13H15NO6. The molecule has 20 heavy (non-hydrogen) atoms. The molecule has 7 heteroatoms. The Kier molecular flexibility index (Phi) is 5.67. The van der Waals surface area contributed by atoms with Crippen molar-refractivity contribution in [1.29, 1.82) is 0 Å². The molecule has 0 spiro atoms. The Balaban J connectivity index is 2.81. The van der Waals surface area contributed by atoms with Crippen LogP contribution in [0.2, 0.25) is 0 Å². The highest BCUT2D eigenvalue weighted by Crippen LogP contribution is 2.16. The quantitative estimate of drug-likeness (QED) is 0.667. The first kappa shape index (κ1) is 15.6. The van der Waals surface area contributed by atoms with Crippen LogP contribution in [0.15, 0.2) is 30.3 Å². The van der Waals surface area contributed by atoms with Gasteiger partial charge in [-0.2, -0.15) is 0 Å². The lowest BCUT2D eigenvalue weighted by atomic mass is 10.1. The van der Waals surface area contributed by atoms with Crippen molar-refractivity contribution < 1.29 is 29.3 Å². The molecule has 1 aromatic rings. The highest BCUT2D eigenvalue weighted by Gasteiger charge is 2.27. The molecule has 0 fully saturated rings. The largest absolute Gasteiger partial charge is 0.481 e. The van der Waals surface area contributed by atoms with E-state index in [1.807, 2.05) is 0 Å². The molecule has 3 N–H and O–H groups in total. The average Bonchev–Trinajstić information content (AvgIpc) is 2.39. The summed E-state index contributed by atoms with van der Waals surface area (Å²) in [6, 6.07) is 6.99. The zero-order valence-corrected chi connectivity index (χ0v) is 10.8. The van der Waals surface area contributed by atoms with E-state index in [-0.39, 0.29) is 0 Å². The van der Waals surface area contributed by atoms with Crippen LogP contribution in [0.3, 0.4) is 0 Å². The third-order valence-electron chi connectivity index (χ3n) is 2.57. The lowest BCUT2D eigenvalue weighted by molar-refractivity contribution is -0.148. The van der Waals surface area contributed by atoms with E-state index < -0.39 is 36.4 Å². The molecule has 2 atom stereocenters. The number of amides is 1. The first-order valence-electron chi connectivity index (χ1n) is 5.78. The van der Waals surface area contributed by atoms with Crippen molar-refractivity contribution in [3.63, 3.8) is 0 Å². The van der Waals surface area contributed by atoms with Crippen molar-refractivity contribution in [2.75, 3.05) is 7.11 Å². The zero-order valence-electron chi connectivity index (χ0n) is 10.8. The van der Waals surface area contributed by atoms with Crippen LogP contribution in [-0.4, -0.2) is 41.2 Å². The monoisotopic (exact) mass is 281 g/mol. The SMILES string of the molecule is COC(C(=O)N[C@H](CC(=O)O)C(=O)O)c1ccccc1. The molecule has 0 aliphatic carbocycles. The van der Waals surface area contributed by atoms with Crippen molar-refractivity contribution in [2.24, 2.45) is 0 Å². The summed E-state index contributed by atoms with van der Waals surface area (Å²) in [6.07, 6.45) is -1.70. The van der Waals surface area contributed by atoms with Gasteiger partial charge in [0.1, 0.15) is 6.04 Å². The molecule has 7 nitrogen and oxygen atoms in total. The molecule has 0 aromatic heterocycles. The van der Waals surface area contributed by atoms with Gasteiger partial charge in [-0.15, -0.1) is 0 Å². The Morgan fingerprint density at radius 3 is 2.25 bits per heavy atom. The van der Waals surface area contributed by atoms with Gasteiger partial charge in [0.25, 0.3) is 5.91 Å². The molecule has 0 saturated carbocycles. The molecule has 0 aliphatic rings. The number of carboxylic acid groups (broad SMARTS) is 2. The summed E-state index contributed by atoms with van der Waals surface area (Å²) in [5.41, 5.74) is 0.548. The van der Waals surface area contributed by atoms with Crippen molar-refractivity contribution in [1.82, 2.24) is 5.32 Å². The Bertz CT molecular complexity index is 487. The maximum Gasteiger partial charge on any atom is 0.326 e. The molecule has 0 heterocycles. The third-order valence-corrected chi connectivity index (χ3v) is 2.57. The second kappa shape index (κ2) is 7.25. The molecule has 0 radical (unpaired) electrons. The van der Waals surface area contributed by atoms with E-state index >= 15 is 0 Å². The number of carbonyl (C=O) groups excluding carboxylic acids is 1. The van der Waals surface area contributed by atoms with Crippen LogP contribution in [0.1, 0.15) is 18.1 Å². The predicted molar refractivity (Wildman–Crippen MR) is 68.0 cm³/mol. The molecule has 108 valence electrons. The number of hydrogen-bond acceptors (Lipinski definition) is 4. The van der Waals surface area contributed by atoms with Gasteiger partial charge in [0.15, 0.2) is 6.10 Å². The fourth-order valence-electron chi connectivity index (χ4n) is 1.64. The summed E-state index contributed by atoms with van der Waals surface area (Å²) < 4.78 is 5.03. The summed E-state index contributed by atoms with van der Waals surface area (Å²) in [7, 11) is 1.31. The van der Waals surface area contributed by atoms with Gasteiger partial charge in [0.05, 0.1) is 6.42 Å². The third kappa shape index (κ3) is 4.36. The zero-order chi connectivity index (χ0) is 15.1. The Labute approximate surface area is 115 Å². The lowest BCUT2D eigenvalue weighted by Crippen LogP contribution is -2.44. The number of rotatable bonds is 7. The highest BCUT2D eigenvalue weighted by atomic mass is 16.5. The average molecular weight is 281 g/mol. The normalized spacial score (nSPS) is 13.2. The predicted octanol–water partition coefficient (Wildman–Crippen LogP) is 0.418. The minimum Gasteiger partial charge on any atom is -0.481 e. The maximum atomic E-state index is 12.0. The topological polar surface area (TPSA) is 113 Å². The van der Waals surface area contributed by atoms with E-state index in [1.54, 1.807) is 30.3 Å². The lowest BCUT2D eigenvalue weighted by Gasteiger charge is -2.18. The number of carbonyl (C=O) groups is 3. The van der Waals surface area contributed by atoms with Gasteiger partial charge in [-0.05, 0) is 5.56 Å². The molecule has 0 bridgehead atoms. The van der Waals surface area contributed by atoms with Crippen molar-refractivity contribution in [3.05, 3.63) is 35.9 Å². The number of hydrogen-bond donors (Lipinski definition) is 3. The first-order valence-corrected chi connectivity index (χ1v) is 5.78. The summed E-state index contributed by atoms with van der Waals surface area (Å²) in [5, 5.41) is 19.6. The number of carboxylic acids is 2. The Morgan fingerprint density at radius 1 is 1.20 bits per heavy atom. The first-order chi connectivity index (χ1) is 9.45. The van der Waals surface area contributed by atoms with Crippen molar-refractivity contribution >= 4 is 17.8 Å². The maximum absolute atomic E-state index is 12.0. The van der Waals surface area contributed by atoms with Gasteiger partial charge in [-0.25, -0.2) is 4.79 Å². The van der Waals surface area contributed by atoms with Crippen molar-refractivity contribution in [3.8, 4) is 0 Å². The van der Waals surface area contributed by atoms with Gasteiger partial charge in [-0.1, -0.05) is 30.3 Å². The second-order valence-electron chi connectivity index (χ2n) is 4.02. The minimum atomic E-state index is -1.50. The molecule has 0 aliphatic heterocycles. The summed E-state index contributed by atoms with van der Waals surface area (Å²) in [6.45, 7) is 0. The van der Waals surface area contributed by atoms with Crippen LogP contribution in [-0.2, 0) is 19.1 Å². The smallest absolute Gasteiger partial charge is 0.326 e. The summed E-state index contributed by atoms with van der Waals surface area (Å²) in [4.78, 5) is 33.4. The van der Waals surface area contributed by atoms with Crippen LogP contribution in [0.25, 0.3) is 0 Å². The highest BCUT2D eigenvalue weighted by molar-refractivity contribution is 5.89. The van der Waals surface area contributed by atoms with Crippen LogP contribution < -0.4 is 5.32 Å². The van der Waals surface area contributed by atoms with E-state index in [9.17, 15) is 14.4 Å². The molecular weight excluding hydrogens is 266 g/mol. The van der Waals surface area contributed by atoms with E-state index in [0.717, 1.165) is 0 Å². The molecule has 1 amide bonds. The van der Waals surface area contributed by atoms with Crippen LogP contribution in [0.4, 0.5) is 0 Å². The Morgan fingerprint density at radius 2 is 1.80 bits per heavy atom. The standard InChI is InChI=1S/C13H15NO6/c1-20-11(8-5-3-2-4-6-8)12(17)14-9(13(18)19)7-10(15)16/h2-6,9,11H,7H2,1H3,(H,14,17)(H,15,16)(H,18,19)/t9-,11?/m1/s1. The van der Waals surface area contributed by atoms with Crippen molar-refractivity contribution in [2.45, 2.75) is 18.6 Å². The molecule has 0 saturated heterocycles. The van der Waals surface area contributed by atoms with E-state index in [2.05, 4.69) is 5.32 Å². The van der Waals surface area contributed by atoms with Crippen LogP contribution in [0.5, 0.6) is 0 Å². The van der Waals surface area contributed by atoms with E-state index in [1.165, 1.54) is 7.11 Å². The number of nitrogens with one attached hydrogen (secondary N) is 1. The van der Waals surface area contributed by atoms with Gasteiger partial charge in [-0.3, -0.25) is 9.59 Å². The Hall–Kier alpha value is -2.41.